The Morgan fingerprint density at radius 1 is 1.35 bits per heavy atom. The van der Waals surface area contributed by atoms with Gasteiger partial charge in [0.25, 0.3) is 0 Å². The summed E-state index contributed by atoms with van der Waals surface area (Å²) in [6.45, 7) is 0. The predicted molar refractivity (Wildman–Crippen MR) is 75.9 cm³/mol. The first-order valence-corrected chi connectivity index (χ1v) is 6.96. The van der Waals surface area contributed by atoms with Crippen LogP contribution in [-0.4, -0.2) is 5.91 Å². The number of hydrogen-bond acceptors (Lipinski definition) is 3. The molecular weight excluding hydrogens is 299 g/mol. The van der Waals surface area contributed by atoms with Crippen LogP contribution in [0.1, 0.15) is 16.5 Å². The lowest BCUT2D eigenvalue weighted by Gasteiger charge is -2.11. The second-order valence-electron chi connectivity index (χ2n) is 4.06. The number of thiophene rings is 1. The number of amides is 1. The van der Waals surface area contributed by atoms with Gasteiger partial charge in [-0.2, -0.15) is 5.26 Å². The van der Waals surface area contributed by atoms with Crippen LogP contribution in [0.4, 0.5) is 4.39 Å². The number of nitrogens with one attached hydrogen (secondary N) is 1. The van der Waals surface area contributed by atoms with E-state index in [1.165, 1.54) is 35.6 Å². The molecule has 1 amide bonds. The summed E-state index contributed by atoms with van der Waals surface area (Å²) in [5.74, 6) is -0.663. The van der Waals surface area contributed by atoms with Gasteiger partial charge in [0.2, 0.25) is 5.91 Å². The third-order valence-corrected chi connectivity index (χ3v) is 3.83. The first-order chi connectivity index (χ1) is 9.58. The molecule has 1 heterocycles. The van der Waals surface area contributed by atoms with Crippen molar-refractivity contribution in [2.75, 3.05) is 0 Å². The van der Waals surface area contributed by atoms with Gasteiger partial charge >= 0.3 is 0 Å². The van der Waals surface area contributed by atoms with Crippen molar-refractivity contribution in [1.82, 2.24) is 5.32 Å². The van der Waals surface area contributed by atoms with E-state index in [9.17, 15) is 9.18 Å². The molecule has 0 aliphatic heterocycles. The minimum atomic E-state index is -0.793. The van der Waals surface area contributed by atoms with E-state index in [1.54, 1.807) is 12.1 Å². The minimum absolute atomic E-state index is 0.163. The van der Waals surface area contributed by atoms with Gasteiger partial charge in [-0.3, -0.25) is 4.79 Å². The number of hydrogen-bond donors (Lipinski definition) is 1. The SMILES string of the molecule is N#C[C@H](NC(=O)Cc1ccc(Cl)s1)c1ccc(F)cc1. The fourth-order valence-electron chi connectivity index (χ4n) is 1.66. The molecule has 1 atom stereocenters. The highest BCUT2D eigenvalue weighted by Crippen LogP contribution is 2.22. The molecule has 0 aliphatic rings. The van der Waals surface area contributed by atoms with E-state index in [1.807, 2.05) is 6.07 Å². The quantitative estimate of drug-likeness (QED) is 0.940. The fourth-order valence-corrected chi connectivity index (χ4v) is 2.75. The highest BCUT2D eigenvalue weighted by Gasteiger charge is 2.14. The van der Waals surface area contributed by atoms with Crippen molar-refractivity contribution in [3.63, 3.8) is 0 Å². The monoisotopic (exact) mass is 308 g/mol. The molecule has 0 unspecified atom stereocenters. The van der Waals surface area contributed by atoms with Crippen LogP contribution >= 0.6 is 22.9 Å². The number of carbonyl (C=O) groups excluding carboxylic acids is 1. The maximum Gasteiger partial charge on any atom is 0.226 e. The van der Waals surface area contributed by atoms with E-state index in [4.69, 9.17) is 16.9 Å². The van der Waals surface area contributed by atoms with Crippen LogP contribution in [0, 0.1) is 17.1 Å². The van der Waals surface area contributed by atoms with Gasteiger partial charge in [-0.05, 0) is 29.8 Å². The standard InChI is InChI=1S/C14H10ClFN2OS/c15-13-6-5-11(20-13)7-14(19)18-12(8-17)9-1-3-10(16)4-2-9/h1-6,12H,7H2,(H,18,19)/t12-/m0/s1. The van der Waals surface area contributed by atoms with Gasteiger partial charge < -0.3 is 5.32 Å². The Labute approximate surface area is 124 Å². The van der Waals surface area contributed by atoms with Crippen molar-refractivity contribution in [2.45, 2.75) is 12.5 Å². The van der Waals surface area contributed by atoms with Crippen LogP contribution < -0.4 is 5.32 Å². The third kappa shape index (κ3) is 3.80. The van der Waals surface area contributed by atoms with E-state index >= 15 is 0 Å². The Morgan fingerprint density at radius 2 is 2.05 bits per heavy atom. The summed E-state index contributed by atoms with van der Waals surface area (Å²) in [5, 5.41) is 11.7. The summed E-state index contributed by atoms with van der Waals surface area (Å²) < 4.78 is 13.4. The van der Waals surface area contributed by atoms with Crippen molar-refractivity contribution in [3.05, 3.63) is 57.0 Å². The van der Waals surface area contributed by atoms with Crippen molar-refractivity contribution < 1.29 is 9.18 Å². The highest BCUT2D eigenvalue weighted by molar-refractivity contribution is 7.16. The first-order valence-electron chi connectivity index (χ1n) is 5.77. The Morgan fingerprint density at radius 3 is 2.60 bits per heavy atom. The van der Waals surface area contributed by atoms with E-state index in [0.717, 1.165) is 4.88 Å². The molecule has 1 aromatic heterocycles. The van der Waals surface area contributed by atoms with Gasteiger partial charge in [0.05, 0.1) is 16.8 Å². The van der Waals surface area contributed by atoms with E-state index in [2.05, 4.69) is 5.32 Å². The molecule has 0 aliphatic carbocycles. The minimum Gasteiger partial charge on any atom is -0.336 e. The van der Waals surface area contributed by atoms with Gasteiger partial charge in [-0.25, -0.2) is 4.39 Å². The van der Waals surface area contributed by atoms with Crippen LogP contribution in [0.15, 0.2) is 36.4 Å². The first kappa shape index (κ1) is 14.5. The smallest absolute Gasteiger partial charge is 0.226 e. The molecule has 102 valence electrons. The molecule has 0 saturated heterocycles. The van der Waals surface area contributed by atoms with Crippen LogP contribution in [0.5, 0.6) is 0 Å². The molecule has 6 heteroatoms. The average Bonchev–Trinajstić information content (AvgIpc) is 2.82. The van der Waals surface area contributed by atoms with Crippen molar-refractivity contribution >= 4 is 28.8 Å². The summed E-state index contributed by atoms with van der Waals surface area (Å²) in [4.78, 5) is 12.7. The fraction of sp³-hybridized carbons (Fsp3) is 0.143. The average molecular weight is 309 g/mol. The van der Waals surface area contributed by atoms with Crippen LogP contribution in [0.2, 0.25) is 4.34 Å². The molecule has 0 bridgehead atoms. The number of nitrogens with zero attached hydrogens (tertiary/aromatic N) is 1. The molecule has 1 N–H and O–H groups in total. The maximum absolute atomic E-state index is 12.8. The lowest BCUT2D eigenvalue weighted by molar-refractivity contribution is -0.120. The van der Waals surface area contributed by atoms with Gasteiger partial charge in [0, 0.05) is 4.88 Å². The second-order valence-corrected chi connectivity index (χ2v) is 5.86. The number of rotatable bonds is 4. The molecule has 0 fully saturated rings. The van der Waals surface area contributed by atoms with Crippen LogP contribution in [0.3, 0.4) is 0 Å². The largest absolute Gasteiger partial charge is 0.336 e. The normalized spacial score (nSPS) is 11.7. The zero-order chi connectivity index (χ0) is 14.5. The predicted octanol–water partition coefficient (Wildman–Crippen LogP) is 3.46. The lowest BCUT2D eigenvalue weighted by Crippen LogP contribution is -2.28. The molecular formula is C14H10ClFN2OS. The molecule has 0 saturated carbocycles. The van der Waals surface area contributed by atoms with Crippen molar-refractivity contribution in [2.24, 2.45) is 0 Å². The summed E-state index contributed by atoms with van der Waals surface area (Å²) >= 11 is 7.11. The van der Waals surface area contributed by atoms with Gasteiger partial charge in [-0.1, -0.05) is 23.7 Å². The summed E-state index contributed by atoms with van der Waals surface area (Å²) in [7, 11) is 0. The Hall–Kier alpha value is -1.90. The van der Waals surface area contributed by atoms with E-state index in [-0.39, 0.29) is 18.1 Å². The molecule has 0 spiro atoms. The van der Waals surface area contributed by atoms with Gasteiger partial charge in [-0.15, -0.1) is 11.3 Å². The lowest BCUT2D eigenvalue weighted by atomic mass is 10.1. The van der Waals surface area contributed by atoms with Gasteiger partial charge in [0.1, 0.15) is 11.9 Å². The van der Waals surface area contributed by atoms with Crippen molar-refractivity contribution in [1.29, 1.82) is 5.26 Å². The van der Waals surface area contributed by atoms with Crippen LogP contribution in [0.25, 0.3) is 0 Å². The molecule has 2 aromatic rings. The molecule has 20 heavy (non-hydrogen) atoms. The third-order valence-electron chi connectivity index (χ3n) is 2.60. The van der Waals surface area contributed by atoms with Crippen LogP contribution in [-0.2, 0) is 11.2 Å². The van der Waals surface area contributed by atoms with Crippen molar-refractivity contribution in [3.8, 4) is 6.07 Å². The molecule has 3 nitrogen and oxygen atoms in total. The number of nitriles is 1. The summed E-state index contributed by atoms with van der Waals surface area (Å²) in [5.41, 5.74) is 0.548. The highest BCUT2D eigenvalue weighted by atomic mass is 35.5. The molecule has 2 rings (SSSR count). The van der Waals surface area contributed by atoms with E-state index in [0.29, 0.717) is 9.90 Å². The maximum atomic E-state index is 12.8. The Kier molecular flexibility index (Phi) is 4.72. The number of halogens is 2. The number of benzene rings is 1. The molecule has 1 aromatic carbocycles. The zero-order valence-corrected chi connectivity index (χ0v) is 11.8. The molecule has 0 radical (unpaired) electrons. The number of carbonyl (C=O) groups is 1. The Balaban J connectivity index is 2.01. The second kappa shape index (κ2) is 6.51. The van der Waals surface area contributed by atoms with E-state index < -0.39 is 6.04 Å². The zero-order valence-electron chi connectivity index (χ0n) is 10.3. The summed E-state index contributed by atoms with van der Waals surface area (Å²) in [6.07, 6.45) is 0.163. The van der Waals surface area contributed by atoms with Gasteiger partial charge in [0.15, 0.2) is 0 Å². The Bertz CT molecular complexity index is 648. The summed E-state index contributed by atoms with van der Waals surface area (Å²) in [6, 6.07) is 10.1. The topological polar surface area (TPSA) is 52.9 Å².